The minimum absolute atomic E-state index is 0.0181. The van der Waals surface area contributed by atoms with Gasteiger partial charge >= 0.3 is 0 Å². The number of rotatable bonds is 4. The fourth-order valence-corrected chi connectivity index (χ4v) is 5.80. The number of sulfone groups is 1. The standard InChI is InChI=1S/C22H24N2O2S/c1-2-13-24-22(18-11-7-4-8-12-18)20-16-27(25,26)15-19(21(20)23-24)14-17-9-5-3-6-10-17/h3-12,14,20,22H,2,13,15-16H2,1H3/b19-14+. The molecule has 140 valence electrons. The average Bonchev–Trinajstić information content (AvgIpc) is 3.00. The van der Waals surface area contributed by atoms with Crippen molar-refractivity contribution in [2.75, 3.05) is 18.1 Å². The van der Waals surface area contributed by atoms with E-state index in [-0.39, 0.29) is 23.5 Å². The molecule has 2 aliphatic heterocycles. The summed E-state index contributed by atoms with van der Waals surface area (Å²) in [6.07, 6.45) is 2.96. The molecule has 0 N–H and O–H groups in total. The molecule has 0 spiro atoms. The van der Waals surface area contributed by atoms with Gasteiger partial charge in [-0.25, -0.2) is 8.42 Å². The summed E-state index contributed by atoms with van der Waals surface area (Å²) in [4.78, 5) is 0. The largest absolute Gasteiger partial charge is 0.289 e. The van der Waals surface area contributed by atoms with Crippen molar-refractivity contribution in [1.82, 2.24) is 5.01 Å². The predicted octanol–water partition coefficient (Wildman–Crippen LogP) is 3.94. The van der Waals surface area contributed by atoms with Crippen LogP contribution in [0.15, 0.2) is 71.3 Å². The number of nitrogens with zero attached hydrogens (tertiary/aromatic N) is 2. The Hall–Kier alpha value is -2.40. The zero-order chi connectivity index (χ0) is 18.9. The Bertz CT molecular complexity index is 966. The molecule has 2 aromatic carbocycles. The third-order valence-corrected chi connectivity index (χ3v) is 6.78. The van der Waals surface area contributed by atoms with E-state index in [1.165, 1.54) is 0 Å². The van der Waals surface area contributed by atoms with Gasteiger partial charge in [0.1, 0.15) is 0 Å². The van der Waals surface area contributed by atoms with Crippen LogP contribution in [-0.4, -0.2) is 37.2 Å². The Morgan fingerprint density at radius 1 is 1.07 bits per heavy atom. The average molecular weight is 381 g/mol. The monoisotopic (exact) mass is 380 g/mol. The molecular weight excluding hydrogens is 356 g/mol. The maximum Gasteiger partial charge on any atom is 0.155 e. The molecule has 1 fully saturated rings. The van der Waals surface area contributed by atoms with Gasteiger partial charge in [0, 0.05) is 12.5 Å². The summed E-state index contributed by atoms with van der Waals surface area (Å²) in [6, 6.07) is 20.0. The first-order valence-corrected chi connectivity index (χ1v) is 11.3. The minimum atomic E-state index is -3.16. The van der Waals surface area contributed by atoms with Crippen molar-refractivity contribution in [2.45, 2.75) is 19.4 Å². The molecule has 27 heavy (non-hydrogen) atoms. The van der Waals surface area contributed by atoms with Gasteiger partial charge in [0.15, 0.2) is 9.84 Å². The molecule has 2 heterocycles. The van der Waals surface area contributed by atoms with Crippen LogP contribution >= 0.6 is 0 Å². The number of hydrogen-bond acceptors (Lipinski definition) is 4. The van der Waals surface area contributed by atoms with E-state index in [2.05, 4.69) is 24.1 Å². The number of hydrogen-bond donors (Lipinski definition) is 0. The summed E-state index contributed by atoms with van der Waals surface area (Å²) in [5.74, 6) is 0.115. The van der Waals surface area contributed by atoms with Gasteiger partial charge in [-0.2, -0.15) is 5.10 Å². The van der Waals surface area contributed by atoms with Crippen molar-refractivity contribution in [1.29, 1.82) is 0 Å². The molecule has 4 nitrogen and oxygen atoms in total. The van der Waals surface area contributed by atoms with Crippen LogP contribution < -0.4 is 0 Å². The zero-order valence-corrected chi connectivity index (χ0v) is 16.3. The van der Waals surface area contributed by atoms with E-state index in [1.54, 1.807) is 0 Å². The van der Waals surface area contributed by atoms with E-state index in [9.17, 15) is 8.42 Å². The SMILES string of the molecule is CCCN1N=C2/C(=C/c3ccccc3)CS(=O)(=O)CC2C1c1ccccc1. The van der Waals surface area contributed by atoms with Gasteiger partial charge in [0.25, 0.3) is 0 Å². The van der Waals surface area contributed by atoms with E-state index in [0.717, 1.165) is 35.4 Å². The molecule has 2 aromatic rings. The summed E-state index contributed by atoms with van der Waals surface area (Å²) in [5, 5.41) is 7.01. The van der Waals surface area contributed by atoms with E-state index >= 15 is 0 Å². The molecule has 2 atom stereocenters. The van der Waals surface area contributed by atoms with Crippen molar-refractivity contribution in [3.63, 3.8) is 0 Å². The van der Waals surface area contributed by atoms with Crippen LogP contribution in [0.4, 0.5) is 0 Å². The second kappa shape index (κ2) is 7.31. The fourth-order valence-electron chi connectivity index (χ4n) is 4.09. The second-order valence-corrected chi connectivity index (χ2v) is 9.35. The molecule has 1 saturated heterocycles. The Labute approximate surface area is 161 Å². The van der Waals surface area contributed by atoms with Gasteiger partial charge in [-0.3, -0.25) is 5.01 Å². The number of hydrazone groups is 1. The molecule has 5 heteroatoms. The number of fused-ring (bicyclic) bond motifs is 1. The maximum atomic E-state index is 12.7. The van der Waals surface area contributed by atoms with E-state index in [0.29, 0.717) is 0 Å². The lowest BCUT2D eigenvalue weighted by molar-refractivity contribution is 0.209. The van der Waals surface area contributed by atoms with Crippen molar-refractivity contribution in [2.24, 2.45) is 11.0 Å². The van der Waals surface area contributed by atoms with Crippen LogP contribution in [-0.2, 0) is 9.84 Å². The van der Waals surface area contributed by atoms with Gasteiger partial charge in [0.05, 0.1) is 23.3 Å². The maximum absolute atomic E-state index is 12.7. The number of benzene rings is 2. The Kier molecular flexibility index (Phi) is 4.87. The lowest BCUT2D eigenvalue weighted by Crippen LogP contribution is -2.37. The van der Waals surface area contributed by atoms with E-state index in [1.807, 2.05) is 54.6 Å². The first kappa shape index (κ1) is 18.0. The van der Waals surface area contributed by atoms with Crippen LogP contribution in [0.5, 0.6) is 0 Å². The van der Waals surface area contributed by atoms with E-state index < -0.39 is 9.84 Å². The highest BCUT2D eigenvalue weighted by atomic mass is 32.2. The van der Waals surface area contributed by atoms with Crippen LogP contribution in [0.1, 0.15) is 30.5 Å². The Balaban J connectivity index is 1.79. The third kappa shape index (κ3) is 3.69. The minimum Gasteiger partial charge on any atom is -0.289 e. The molecule has 0 bridgehead atoms. The highest BCUT2D eigenvalue weighted by Crippen LogP contribution is 2.41. The lowest BCUT2D eigenvalue weighted by Gasteiger charge is -2.30. The van der Waals surface area contributed by atoms with Crippen LogP contribution in [0.3, 0.4) is 0 Å². The molecule has 0 radical (unpaired) electrons. The summed E-state index contributed by atoms with van der Waals surface area (Å²) in [6.45, 7) is 2.94. The normalized spacial score (nSPS) is 25.3. The lowest BCUT2D eigenvalue weighted by atomic mass is 9.87. The van der Waals surface area contributed by atoms with Gasteiger partial charge in [-0.1, -0.05) is 67.6 Å². The van der Waals surface area contributed by atoms with Crippen molar-refractivity contribution < 1.29 is 8.42 Å². The molecular formula is C22H24N2O2S. The molecule has 0 saturated carbocycles. The highest BCUT2D eigenvalue weighted by molar-refractivity contribution is 7.91. The van der Waals surface area contributed by atoms with Crippen LogP contribution in [0, 0.1) is 5.92 Å². The van der Waals surface area contributed by atoms with Crippen LogP contribution in [0.25, 0.3) is 6.08 Å². The summed E-state index contributed by atoms with van der Waals surface area (Å²) in [5.41, 5.74) is 3.91. The molecule has 0 aliphatic carbocycles. The van der Waals surface area contributed by atoms with Gasteiger partial charge in [-0.05, 0) is 29.2 Å². The zero-order valence-electron chi connectivity index (χ0n) is 15.5. The molecule has 2 unspecified atom stereocenters. The summed E-state index contributed by atoms with van der Waals surface area (Å²) < 4.78 is 25.4. The second-order valence-electron chi connectivity index (χ2n) is 7.25. The Morgan fingerprint density at radius 3 is 2.41 bits per heavy atom. The molecule has 0 aromatic heterocycles. The first-order valence-electron chi connectivity index (χ1n) is 9.44. The van der Waals surface area contributed by atoms with Crippen molar-refractivity contribution >= 4 is 21.6 Å². The highest BCUT2D eigenvalue weighted by Gasteiger charge is 2.45. The predicted molar refractivity (Wildman–Crippen MR) is 110 cm³/mol. The van der Waals surface area contributed by atoms with Crippen molar-refractivity contribution in [3.8, 4) is 0 Å². The smallest absolute Gasteiger partial charge is 0.155 e. The first-order chi connectivity index (χ1) is 13.1. The van der Waals surface area contributed by atoms with Gasteiger partial charge in [0.2, 0.25) is 0 Å². The van der Waals surface area contributed by atoms with Gasteiger partial charge < -0.3 is 0 Å². The molecule has 4 rings (SSSR count). The van der Waals surface area contributed by atoms with Crippen molar-refractivity contribution in [3.05, 3.63) is 77.4 Å². The van der Waals surface area contributed by atoms with Crippen LogP contribution in [0.2, 0.25) is 0 Å². The molecule has 2 aliphatic rings. The summed E-state index contributed by atoms with van der Waals surface area (Å²) in [7, 11) is -3.16. The molecule has 0 amide bonds. The third-order valence-electron chi connectivity index (χ3n) is 5.16. The Morgan fingerprint density at radius 2 is 1.74 bits per heavy atom. The quantitative estimate of drug-likeness (QED) is 0.807. The fraction of sp³-hybridized carbons (Fsp3) is 0.318. The van der Waals surface area contributed by atoms with E-state index in [4.69, 9.17) is 5.10 Å². The van der Waals surface area contributed by atoms with Gasteiger partial charge in [-0.15, -0.1) is 0 Å². The summed E-state index contributed by atoms with van der Waals surface area (Å²) >= 11 is 0. The topological polar surface area (TPSA) is 49.7 Å².